The number of carbonyl (C=O) groups excluding carboxylic acids is 2. The van der Waals surface area contributed by atoms with Gasteiger partial charge in [0.05, 0.1) is 17.7 Å². The first-order valence-corrected chi connectivity index (χ1v) is 10.7. The van der Waals surface area contributed by atoms with E-state index in [-0.39, 0.29) is 17.1 Å². The summed E-state index contributed by atoms with van der Waals surface area (Å²) in [5.41, 5.74) is -0.845. The molecule has 0 aliphatic carbocycles. The van der Waals surface area contributed by atoms with E-state index in [9.17, 15) is 22.8 Å². The third kappa shape index (κ3) is 5.84. The molecule has 3 aromatic carbocycles. The summed E-state index contributed by atoms with van der Waals surface area (Å²) in [7, 11) is 1.23. The molecule has 11 heteroatoms. The van der Waals surface area contributed by atoms with Crippen LogP contribution in [0.25, 0.3) is 10.8 Å². The van der Waals surface area contributed by atoms with Crippen molar-refractivity contribution in [2.24, 2.45) is 0 Å². The van der Waals surface area contributed by atoms with Crippen LogP contribution in [-0.2, 0) is 10.9 Å². The van der Waals surface area contributed by atoms with Crippen LogP contribution in [0.1, 0.15) is 15.9 Å². The van der Waals surface area contributed by atoms with Crippen molar-refractivity contribution in [3.63, 3.8) is 0 Å². The quantitative estimate of drug-likeness (QED) is 0.295. The lowest BCUT2D eigenvalue weighted by atomic mass is 10.1. The van der Waals surface area contributed by atoms with Gasteiger partial charge in [0.2, 0.25) is 0 Å². The molecule has 4 aromatic rings. The first kappa shape index (κ1) is 24.8. The molecule has 184 valence electrons. The Kier molecular flexibility index (Phi) is 6.98. The smallest absolute Gasteiger partial charge is 0.417 e. The second-order valence-electron chi connectivity index (χ2n) is 7.47. The maximum atomic E-state index is 13.1. The maximum Gasteiger partial charge on any atom is 0.417 e. The van der Waals surface area contributed by atoms with Gasteiger partial charge in [-0.1, -0.05) is 23.7 Å². The van der Waals surface area contributed by atoms with Crippen LogP contribution in [0.4, 0.5) is 29.5 Å². The van der Waals surface area contributed by atoms with Gasteiger partial charge in [0.25, 0.3) is 5.91 Å². The number of halogens is 4. The monoisotopic (exact) mass is 515 g/mol. The number of anilines is 2. The number of nitrogens with one attached hydrogen (secondary N) is 2. The highest BCUT2D eigenvalue weighted by molar-refractivity contribution is 6.31. The molecule has 1 heterocycles. The Balaban J connectivity index is 1.54. The number of hydrogen-bond acceptors (Lipinski definition) is 5. The van der Waals surface area contributed by atoms with E-state index in [1.165, 1.54) is 25.4 Å². The lowest BCUT2D eigenvalue weighted by Gasteiger charge is -2.12. The largest absolute Gasteiger partial charge is 0.457 e. The van der Waals surface area contributed by atoms with Crippen molar-refractivity contribution in [2.45, 2.75) is 6.18 Å². The summed E-state index contributed by atoms with van der Waals surface area (Å²) >= 11 is 5.64. The minimum atomic E-state index is -4.65. The third-order valence-corrected chi connectivity index (χ3v) is 5.32. The lowest BCUT2D eigenvalue weighted by Crippen LogP contribution is -2.13. The van der Waals surface area contributed by atoms with Crippen molar-refractivity contribution < 1.29 is 32.2 Å². The fourth-order valence-electron chi connectivity index (χ4n) is 3.29. The highest BCUT2D eigenvalue weighted by Crippen LogP contribution is 2.36. The number of carbonyl (C=O) groups is 2. The van der Waals surface area contributed by atoms with Crippen LogP contribution < -0.4 is 15.4 Å². The number of hydrogen-bond donors (Lipinski definition) is 2. The predicted molar refractivity (Wildman–Crippen MR) is 129 cm³/mol. The van der Waals surface area contributed by atoms with Crippen molar-refractivity contribution in [3.05, 3.63) is 89.1 Å². The van der Waals surface area contributed by atoms with Crippen molar-refractivity contribution in [1.29, 1.82) is 0 Å². The molecule has 0 spiro atoms. The van der Waals surface area contributed by atoms with Gasteiger partial charge in [-0.25, -0.2) is 9.78 Å². The number of ether oxygens (including phenoxy) is 2. The predicted octanol–water partition coefficient (Wildman–Crippen LogP) is 7.13. The molecule has 0 aliphatic heterocycles. The van der Waals surface area contributed by atoms with Gasteiger partial charge in [-0.3, -0.25) is 10.1 Å². The molecule has 0 aliphatic rings. The minimum absolute atomic E-state index is 0.0389. The summed E-state index contributed by atoms with van der Waals surface area (Å²) < 4.78 is 49.7. The van der Waals surface area contributed by atoms with E-state index < -0.39 is 28.8 Å². The van der Waals surface area contributed by atoms with Gasteiger partial charge in [-0.15, -0.1) is 0 Å². The van der Waals surface area contributed by atoms with Crippen molar-refractivity contribution >= 4 is 45.9 Å². The molecule has 0 unspecified atom stereocenters. The van der Waals surface area contributed by atoms with Gasteiger partial charge in [0.1, 0.15) is 17.3 Å². The normalized spacial score (nSPS) is 11.1. The molecule has 0 bridgehead atoms. The molecule has 2 N–H and O–H groups in total. The van der Waals surface area contributed by atoms with Crippen LogP contribution >= 0.6 is 11.6 Å². The van der Waals surface area contributed by atoms with Crippen LogP contribution in [0.15, 0.2) is 72.9 Å². The number of benzene rings is 3. The summed E-state index contributed by atoms with van der Waals surface area (Å²) in [6, 6.07) is 16.3. The van der Waals surface area contributed by atoms with E-state index in [4.69, 9.17) is 16.3 Å². The SMILES string of the molecule is COC(=O)Nc1cc(Oc2ccc3ccc(C(=O)Nc4ccc(Cl)c(C(F)(F)F)c4)cc3c2)ccn1. The van der Waals surface area contributed by atoms with Gasteiger partial charge in [-0.2, -0.15) is 13.2 Å². The van der Waals surface area contributed by atoms with Crippen molar-refractivity contribution in [1.82, 2.24) is 4.98 Å². The fourth-order valence-corrected chi connectivity index (χ4v) is 3.51. The van der Waals surface area contributed by atoms with Crippen LogP contribution in [0, 0.1) is 0 Å². The average Bonchev–Trinajstić information content (AvgIpc) is 2.84. The molecule has 0 saturated carbocycles. The zero-order valence-electron chi connectivity index (χ0n) is 18.5. The standard InChI is InChI=1S/C25H17ClF3N3O4/c1-35-24(34)32-22-13-19(8-9-30-22)36-18-6-4-14-2-3-15(10-16(14)11-18)23(33)31-17-5-7-21(26)20(12-17)25(27,28)29/h2-13H,1H3,(H,31,33)(H,30,32,34). The molecule has 7 nitrogen and oxygen atoms in total. The molecule has 1 aromatic heterocycles. The van der Waals surface area contributed by atoms with Crippen LogP contribution in [0.2, 0.25) is 5.02 Å². The molecule has 2 amide bonds. The van der Waals surface area contributed by atoms with Crippen molar-refractivity contribution in [2.75, 3.05) is 17.7 Å². The number of methoxy groups -OCH3 is 1. The topological polar surface area (TPSA) is 89.5 Å². The number of pyridine rings is 1. The molecule has 0 atom stereocenters. The maximum absolute atomic E-state index is 13.1. The highest BCUT2D eigenvalue weighted by atomic mass is 35.5. The number of alkyl halides is 3. The summed E-state index contributed by atoms with van der Waals surface area (Å²) in [5, 5.41) is 5.92. The number of nitrogens with zero attached hydrogens (tertiary/aromatic N) is 1. The number of amides is 2. The number of fused-ring (bicyclic) bond motifs is 1. The third-order valence-electron chi connectivity index (χ3n) is 4.99. The molecule has 0 saturated heterocycles. The highest BCUT2D eigenvalue weighted by Gasteiger charge is 2.33. The van der Waals surface area contributed by atoms with Gasteiger partial charge < -0.3 is 14.8 Å². The van der Waals surface area contributed by atoms with E-state index in [0.29, 0.717) is 16.9 Å². The lowest BCUT2D eigenvalue weighted by molar-refractivity contribution is -0.137. The fraction of sp³-hybridized carbons (Fsp3) is 0.0800. The second-order valence-corrected chi connectivity index (χ2v) is 7.87. The molecule has 0 fully saturated rings. The second kappa shape index (κ2) is 10.1. The zero-order valence-corrected chi connectivity index (χ0v) is 19.3. The van der Waals surface area contributed by atoms with Gasteiger partial charge in [-0.05, 0) is 59.3 Å². The minimum Gasteiger partial charge on any atom is -0.457 e. The summed E-state index contributed by atoms with van der Waals surface area (Å²) in [4.78, 5) is 28.1. The van der Waals surface area contributed by atoms with Crippen LogP contribution in [0.3, 0.4) is 0 Å². The van der Waals surface area contributed by atoms with Crippen LogP contribution in [0.5, 0.6) is 11.5 Å². The Morgan fingerprint density at radius 1 is 0.889 bits per heavy atom. The Labute approximate surface area is 207 Å². The summed E-state index contributed by atoms with van der Waals surface area (Å²) in [6.07, 6.45) is -3.88. The van der Waals surface area contributed by atoms with Crippen molar-refractivity contribution in [3.8, 4) is 11.5 Å². The van der Waals surface area contributed by atoms with E-state index in [2.05, 4.69) is 20.4 Å². The Morgan fingerprint density at radius 3 is 2.39 bits per heavy atom. The van der Waals surface area contributed by atoms with Gasteiger partial charge in [0, 0.05) is 23.5 Å². The molecule has 0 radical (unpaired) electrons. The molecule has 4 rings (SSSR count). The Hall–Kier alpha value is -4.31. The number of rotatable bonds is 5. The van der Waals surface area contributed by atoms with E-state index >= 15 is 0 Å². The Bertz CT molecular complexity index is 1460. The molecular weight excluding hydrogens is 499 g/mol. The van der Waals surface area contributed by atoms with E-state index in [1.807, 2.05) is 0 Å². The van der Waals surface area contributed by atoms with Gasteiger partial charge in [0.15, 0.2) is 0 Å². The van der Waals surface area contributed by atoms with Gasteiger partial charge >= 0.3 is 12.3 Å². The summed E-state index contributed by atoms with van der Waals surface area (Å²) in [6.45, 7) is 0. The van der Waals surface area contributed by atoms with E-state index in [1.54, 1.807) is 42.5 Å². The first-order valence-electron chi connectivity index (χ1n) is 10.3. The Morgan fingerprint density at radius 2 is 1.64 bits per heavy atom. The average molecular weight is 516 g/mol. The van der Waals surface area contributed by atoms with E-state index in [0.717, 1.165) is 17.5 Å². The van der Waals surface area contributed by atoms with Crippen LogP contribution in [-0.4, -0.2) is 24.1 Å². The summed E-state index contributed by atoms with van der Waals surface area (Å²) in [5.74, 6) is 0.483. The molecular formula is C25H17ClF3N3O4. The zero-order chi connectivity index (χ0) is 25.9. The number of aromatic nitrogens is 1. The molecule has 36 heavy (non-hydrogen) atoms. The first-order chi connectivity index (χ1) is 17.1.